The van der Waals surface area contributed by atoms with Gasteiger partial charge in [-0.2, -0.15) is 0 Å². The molecule has 1 aliphatic carbocycles. The number of benzene rings is 1. The molecule has 19 heavy (non-hydrogen) atoms. The average Bonchev–Trinajstić information content (AvgIpc) is 2.45. The van der Waals surface area contributed by atoms with E-state index in [2.05, 4.69) is 30.4 Å². The first kappa shape index (κ1) is 14.4. The number of rotatable bonds is 7. The van der Waals surface area contributed by atoms with E-state index in [1.165, 1.54) is 36.8 Å². The van der Waals surface area contributed by atoms with Gasteiger partial charge in [-0.05, 0) is 62.4 Å². The van der Waals surface area contributed by atoms with Gasteiger partial charge >= 0.3 is 0 Å². The molecule has 0 spiro atoms. The predicted octanol–water partition coefficient (Wildman–Crippen LogP) is 3.44. The third-order valence-electron chi connectivity index (χ3n) is 3.59. The van der Waals surface area contributed by atoms with Crippen LogP contribution in [0.2, 0.25) is 0 Å². The Morgan fingerprint density at radius 3 is 3.00 bits per heavy atom. The van der Waals surface area contributed by atoms with Crippen LogP contribution in [0.15, 0.2) is 18.2 Å². The zero-order chi connectivity index (χ0) is 13.5. The van der Waals surface area contributed by atoms with Gasteiger partial charge in [0.1, 0.15) is 5.75 Å². The van der Waals surface area contributed by atoms with Gasteiger partial charge in [-0.3, -0.25) is 0 Å². The van der Waals surface area contributed by atoms with E-state index in [0.29, 0.717) is 19.4 Å². The molecule has 0 saturated carbocycles. The number of aryl methyl sites for hydroxylation is 1. The molecule has 1 aliphatic rings. The summed E-state index contributed by atoms with van der Waals surface area (Å²) in [6, 6.07) is 6.93. The van der Waals surface area contributed by atoms with Crippen LogP contribution in [0.3, 0.4) is 0 Å². The highest BCUT2D eigenvalue weighted by molar-refractivity contribution is 5.39. The summed E-state index contributed by atoms with van der Waals surface area (Å²) in [6.07, 6.45) is 4.85. The first-order valence-electron chi connectivity index (χ1n) is 7.42. The second-order valence-electron chi connectivity index (χ2n) is 5.01. The van der Waals surface area contributed by atoms with E-state index in [0.717, 1.165) is 12.3 Å². The monoisotopic (exact) mass is 263 g/mol. The van der Waals surface area contributed by atoms with Gasteiger partial charge in [0.15, 0.2) is 6.79 Å². The van der Waals surface area contributed by atoms with Gasteiger partial charge in [0.25, 0.3) is 0 Å². The standard InChI is InChI=1S/C16H25NO2/c1-3-10-17-16-7-5-6-13-8-9-14(11-15(13)16)19-12-18-4-2/h8-9,11,16-17H,3-7,10,12H2,1-2H3. The maximum atomic E-state index is 5.62. The highest BCUT2D eigenvalue weighted by Gasteiger charge is 2.19. The largest absolute Gasteiger partial charge is 0.468 e. The molecule has 1 aromatic rings. The van der Waals surface area contributed by atoms with Crippen molar-refractivity contribution in [3.8, 4) is 5.75 Å². The summed E-state index contributed by atoms with van der Waals surface area (Å²) in [7, 11) is 0. The second kappa shape index (κ2) is 7.51. The number of ether oxygens (including phenoxy) is 2. The van der Waals surface area contributed by atoms with E-state index in [1.807, 2.05) is 6.92 Å². The lowest BCUT2D eigenvalue weighted by atomic mass is 9.87. The molecule has 1 atom stereocenters. The predicted molar refractivity (Wildman–Crippen MR) is 77.5 cm³/mol. The highest BCUT2D eigenvalue weighted by atomic mass is 16.7. The Hall–Kier alpha value is -1.06. The average molecular weight is 263 g/mol. The fraction of sp³-hybridized carbons (Fsp3) is 0.625. The Balaban J connectivity index is 2.06. The maximum Gasteiger partial charge on any atom is 0.189 e. The van der Waals surface area contributed by atoms with Crippen LogP contribution in [-0.4, -0.2) is 19.9 Å². The minimum Gasteiger partial charge on any atom is -0.468 e. The summed E-state index contributed by atoms with van der Waals surface area (Å²) < 4.78 is 10.9. The molecule has 0 saturated heterocycles. The van der Waals surface area contributed by atoms with Crippen LogP contribution in [0.5, 0.6) is 5.75 Å². The van der Waals surface area contributed by atoms with Crippen LogP contribution in [0.1, 0.15) is 50.3 Å². The van der Waals surface area contributed by atoms with Crippen molar-refractivity contribution >= 4 is 0 Å². The summed E-state index contributed by atoms with van der Waals surface area (Å²) in [6.45, 7) is 6.28. The second-order valence-corrected chi connectivity index (χ2v) is 5.01. The molecule has 0 fully saturated rings. The van der Waals surface area contributed by atoms with Crippen molar-refractivity contribution < 1.29 is 9.47 Å². The Morgan fingerprint density at radius 2 is 2.21 bits per heavy atom. The third-order valence-corrected chi connectivity index (χ3v) is 3.59. The van der Waals surface area contributed by atoms with Crippen molar-refractivity contribution in [1.82, 2.24) is 5.32 Å². The molecule has 0 heterocycles. The van der Waals surface area contributed by atoms with Crippen LogP contribution in [-0.2, 0) is 11.2 Å². The summed E-state index contributed by atoms with van der Waals surface area (Å²) in [5.41, 5.74) is 2.87. The number of fused-ring (bicyclic) bond motifs is 1. The van der Waals surface area contributed by atoms with Crippen molar-refractivity contribution in [1.29, 1.82) is 0 Å². The molecule has 0 bridgehead atoms. The molecule has 0 amide bonds. The number of hydrogen-bond acceptors (Lipinski definition) is 3. The Labute approximate surface area is 116 Å². The zero-order valence-electron chi connectivity index (χ0n) is 12.1. The van der Waals surface area contributed by atoms with Crippen LogP contribution in [0.4, 0.5) is 0 Å². The third kappa shape index (κ3) is 3.95. The molecule has 1 N–H and O–H groups in total. The normalized spacial score (nSPS) is 18.1. The van der Waals surface area contributed by atoms with Crippen LogP contribution < -0.4 is 10.1 Å². The summed E-state index contributed by atoms with van der Waals surface area (Å²) >= 11 is 0. The molecule has 2 rings (SSSR count). The Morgan fingerprint density at radius 1 is 1.32 bits per heavy atom. The summed E-state index contributed by atoms with van der Waals surface area (Å²) in [4.78, 5) is 0. The van der Waals surface area contributed by atoms with E-state index in [4.69, 9.17) is 9.47 Å². The molecule has 1 aromatic carbocycles. The van der Waals surface area contributed by atoms with E-state index in [1.54, 1.807) is 0 Å². The lowest BCUT2D eigenvalue weighted by Crippen LogP contribution is -2.25. The van der Waals surface area contributed by atoms with Crippen LogP contribution in [0.25, 0.3) is 0 Å². The smallest absolute Gasteiger partial charge is 0.189 e. The molecule has 0 aromatic heterocycles. The van der Waals surface area contributed by atoms with Crippen molar-refractivity contribution in [2.24, 2.45) is 0 Å². The topological polar surface area (TPSA) is 30.5 Å². The van der Waals surface area contributed by atoms with Gasteiger partial charge in [-0.25, -0.2) is 0 Å². The molecule has 106 valence electrons. The van der Waals surface area contributed by atoms with E-state index in [9.17, 15) is 0 Å². The zero-order valence-corrected chi connectivity index (χ0v) is 12.1. The van der Waals surface area contributed by atoms with Gasteiger partial charge in [-0.15, -0.1) is 0 Å². The van der Waals surface area contributed by atoms with Gasteiger partial charge in [0.05, 0.1) is 0 Å². The van der Waals surface area contributed by atoms with Gasteiger partial charge < -0.3 is 14.8 Å². The van der Waals surface area contributed by atoms with E-state index < -0.39 is 0 Å². The Kier molecular flexibility index (Phi) is 5.67. The minimum atomic E-state index is 0.336. The lowest BCUT2D eigenvalue weighted by Gasteiger charge is -2.27. The molecular formula is C16H25NO2. The summed E-state index contributed by atoms with van der Waals surface area (Å²) in [5, 5.41) is 3.64. The Bertz CT molecular complexity index is 392. The molecule has 1 unspecified atom stereocenters. The van der Waals surface area contributed by atoms with Crippen molar-refractivity contribution in [2.45, 2.75) is 45.6 Å². The van der Waals surface area contributed by atoms with E-state index >= 15 is 0 Å². The maximum absolute atomic E-state index is 5.62. The highest BCUT2D eigenvalue weighted by Crippen LogP contribution is 2.32. The van der Waals surface area contributed by atoms with E-state index in [-0.39, 0.29) is 0 Å². The number of nitrogens with one attached hydrogen (secondary N) is 1. The van der Waals surface area contributed by atoms with Crippen LogP contribution >= 0.6 is 0 Å². The van der Waals surface area contributed by atoms with Gasteiger partial charge in [0, 0.05) is 12.6 Å². The first-order chi connectivity index (χ1) is 9.35. The SMILES string of the molecule is CCCNC1CCCc2ccc(OCOCC)cc21. The lowest BCUT2D eigenvalue weighted by molar-refractivity contribution is 0.0223. The molecule has 3 nitrogen and oxygen atoms in total. The number of hydrogen-bond donors (Lipinski definition) is 1. The fourth-order valence-corrected chi connectivity index (χ4v) is 2.59. The van der Waals surface area contributed by atoms with Gasteiger partial charge in [0.2, 0.25) is 0 Å². The minimum absolute atomic E-state index is 0.336. The van der Waals surface area contributed by atoms with Crippen molar-refractivity contribution in [2.75, 3.05) is 19.9 Å². The quantitative estimate of drug-likeness (QED) is 0.604. The molecule has 3 heteroatoms. The first-order valence-corrected chi connectivity index (χ1v) is 7.42. The van der Waals surface area contributed by atoms with Crippen molar-refractivity contribution in [3.63, 3.8) is 0 Å². The molecular weight excluding hydrogens is 238 g/mol. The molecule has 0 aliphatic heterocycles. The van der Waals surface area contributed by atoms with Crippen LogP contribution in [0, 0.1) is 0 Å². The molecule has 0 radical (unpaired) electrons. The van der Waals surface area contributed by atoms with Crippen molar-refractivity contribution in [3.05, 3.63) is 29.3 Å². The fourth-order valence-electron chi connectivity index (χ4n) is 2.59. The van der Waals surface area contributed by atoms with Gasteiger partial charge in [-0.1, -0.05) is 13.0 Å². The summed E-state index contributed by atoms with van der Waals surface area (Å²) in [5.74, 6) is 0.914.